The van der Waals surface area contributed by atoms with Gasteiger partial charge >= 0.3 is 0 Å². The lowest BCUT2D eigenvalue weighted by atomic mass is 9.99. The Labute approximate surface area is 300 Å². The van der Waals surface area contributed by atoms with Gasteiger partial charge in [-0.3, -0.25) is 19.8 Å². The number of nitrogens with zero attached hydrogens (tertiary/aromatic N) is 2. The number of hydrogen-bond acceptors (Lipinski definition) is 8. The molecule has 10 heteroatoms. The maximum absolute atomic E-state index is 12.4. The second-order valence-electron chi connectivity index (χ2n) is 13.2. The molecule has 0 bridgehead atoms. The molecule has 5 rings (SSSR count). The lowest BCUT2D eigenvalue weighted by Crippen LogP contribution is -2.38. The van der Waals surface area contributed by atoms with Crippen molar-refractivity contribution in [2.45, 2.75) is 83.0 Å². The van der Waals surface area contributed by atoms with Crippen LogP contribution in [0.1, 0.15) is 85.3 Å². The smallest absolute Gasteiger partial charge is 0.243 e. The van der Waals surface area contributed by atoms with Crippen molar-refractivity contribution in [1.29, 1.82) is 0 Å². The number of rotatable bonds is 18. The van der Waals surface area contributed by atoms with Gasteiger partial charge in [0.05, 0.1) is 18.8 Å². The zero-order valence-electron chi connectivity index (χ0n) is 29.4. The van der Waals surface area contributed by atoms with E-state index in [4.69, 9.17) is 14.7 Å². The van der Waals surface area contributed by atoms with Gasteiger partial charge in [0.1, 0.15) is 0 Å². The second kappa shape index (κ2) is 19.8. The maximum atomic E-state index is 12.4. The second-order valence-corrected chi connectivity index (χ2v) is 13.2. The Kier molecular flexibility index (Phi) is 14.7. The Morgan fingerprint density at radius 1 is 0.824 bits per heavy atom. The van der Waals surface area contributed by atoms with E-state index in [-0.39, 0.29) is 30.6 Å². The molecule has 1 aromatic heterocycles. The van der Waals surface area contributed by atoms with Crippen LogP contribution in [0.3, 0.4) is 0 Å². The summed E-state index contributed by atoms with van der Waals surface area (Å²) in [5, 5.41) is 21.1. The summed E-state index contributed by atoms with van der Waals surface area (Å²) in [4.78, 5) is 30.3. The first kappa shape index (κ1) is 37.8. The molecule has 270 valence electrons. The maximum Gasteiger partial charge on any atom is 0.243 e. The number of amides is 2. The Morgan fingerprint density at radius 2 is 1.57 bits per heavy atom. The summed E-state index contributed by atoms with van der Waals surface area (Å²) < 4.78 is 13.2. The molecule has 3 atom stereocenters. The van der Waals surface area contributed by atoms with Crippen LogP contribution >= 0.6 is 0 Å². The number of hydroxylamine groups is 1. The molecule has 10 nitrogen and oxygen atoms in total. The zero-order valence-corrected chi connectivity index (χ0v) is 29.4. The van der Waals surface area contributed by atoms with Gasteiger partial charge in [-0.1, -0.05) is 85.6 Å². The Hall–Kier alpha value is -4.45. The molecule has 2 heterocycles. The number of benzene rings is 3. The average Bonchev–Trinajstić information content (AvgIpc) is 3.18. The first-order chi connectivity index (χ1) is 24.9. The van der Waals surface area contributed by atoms with E-state index in [9.17, 15) is 14.7 Å². The fourth-order valence-corrected chi connectivity index (χ4v) is 6.29. The number of likely N-dealkylation sites (N-methyl/N-ethyl adjacent to an activating group) is 1. The fraction of sp³-hybridized carbons (Fsp3) is 0.390. The molecule has 51 heavy (non-hydrogen) atoms. The van der Waals surface area contributed by atoms with Gasteiger partial charge in [-0.25, -0.2) is 5.48 Å². The minimum absolute atomic E-state index is 0.00292. The number of nitrogens with one attached hydrogen (secondary N) is 2. The Morgan fingerprint density at radius 3 is 2.27 bits per heavy atom. The van der Waals surface area contributed by atoms with Crippen molar-refractivity contribution in [3.63, 3.8) is 0 Å². The van der Waals surface area contributed by atoms with Crippen LogP contribution in [-0.4, -0.2) is 58.3 Å². The molecule has 1 aliphatic rings. The highest BCUT2D eigenvalue weighted by molar-refractivity contribution is 5.76. The van der Waals surface area contributed by atoms with Crippen LogP contribution in [0.5, 0.6) is 0 Å². The molecule has 0 spiro atoms. The normalized spacial score (nSPS) is 17.3. The van der Waals surface area contributed by atoms with E-state index in [0.717, 1.165) is 84.3 Å². The molecule has 3 unspecified atom stereocenters. The van der Waals surface area contributed by atoms with Crippen LogP contribution in [0, 0.1) is 0 Å². The summed E-state index contributed by atoms with van der Waals surface area (Å²) in [6.45, 7) is 2.07. The van der Waals surface area contributed by atoms with Crippen molar-refractivity contribution in [2.24, 2.45) is 0 Å². The lowest BCUT2D eigenvalue weighted by molar-refractivity contribution is -0.252. The van der Waals surface area contributed by atoms with E-state index in [1.165, 1.54) is 0 Å². The first-order valence-electron chi connectivity index (χ1n) is 17.9. The predicted octanol–water partition coefficient (Wildman–Crippen LogP) is 6.42. The van der Waals surface area contributed by atoms with Crippen molar-refractivity contribution < 1.29 is 29.4 Å². The molecule has 0 aliphatic carbocycles. The van der Waals surface area contributed by atoms with Crippen molar-refractivity contribution >= 4 is 11.8 Å². The molecule has 0 saturated carbocycles. The minimum atomic E-state index is -0.536. The van der Waals surface area contributed by atoms with Crippen molar-refractivity contribution in [3.05, 3.63) is 125 Å². The van der Waals surface area contributed by atoms with Gasteiger partial charge in [0.2, 0.25) is 11.8 Å². The molecule has 4 N–H and O–H groups in total. The van der Waals surface area contributed by atoms with Gasteiger partial charge < -0.3 is 24.8 Å². The lowest BCUT2D eigenvalue weighted by Gasteiger charge is -2.38. The van der Waals surface area contributed by atoms with Crippen LogP contribution in [0.2, 0.25) is 0 Å². The molecular formula is C41H50N4O6. The largest absolute Gasteiger partial charge is 0.392 e. The molecule has 4 aromatic rings. The molecule has 1 saturated heterocycles. The highest BCUT2D eigenvalue weighted by Crippen LogP contribution is 2.38. The summed E-state index contributed by atoms with van der Waals surface area (Å²) >= 11 is 0. The third-order valence-corrected chi connectivity index (χ3v) is 9.22. The van der Waals surface area contributed by atoms with Crippen LogP contribution < -0.4 is 10.8 Å². The van der Waals surface area contributed by atoms with E-state index in [1.54, 1.807) is 5.48 Å². The SMILES string of the molecule is CN(CCc1ccccn1)CC1CC(c2ccc(CO)cc2)OC(c2ccc(-c3cccc(CNC(=O)CCCCCCC(=O)NO)c3)cc2)O1. The van der Waals surface area contributed by atoms with Crippen molar-refractivity contribution in [3.8, 4) is 11.1 Å². The van der Waals surface area contributed by atoms with Gasteiger partial charge in [-0.2, -0.15) is 0 Å². The van der Waals surface area contributed by atoms with E-state index in [0.29, 0.717) is 25.8 Å². The number of ether oxygens (including phenoxy) is 2. The summed E-state index contributed by atoms with van der Waals surface area (Å²) in [5.74, 6) is -0.374. The molecular weight excluding hydrogens is 644 g/mol. The predicted molar refractivity (Wildman–Crippen MR) is 195 cm³/mol. The van der Waals surface area contributed by atoms with Crippen LogP contribution in [0.25, 0.3) is 11.1 Å². The topological polar surface area (TPSA) is 133 Å². The van der Waals surface area contributed by atoms with Crippen LogP contribution in [0.4, 0.5) is 0 Å². The van der Waals surface area contributed by atoms with Crippen molar-refractivity contribution in [2.75, 3.05) is 20.1 Å². The minimum Gasteiger partial charge on any atom is -0.392 e. The number of carbonyl (C=O) groups is 2. The highest BCUT2D eigenvalue weighted by atomic mass is 16.7. The average molecular weight is 695 g/mol. The number of aliphatic hydroxyl groups excluding tert-OH is 1. The monoisotopic (exact) mass is 694 g/mol. The highest BCUT2D eigenvalue weighted by Gasteiger charge is 2.32. The summed E-state index contributed by atoms with van der Waals surface area (Å²) in [7, 11) is 2.11. The quantitative estimate of drug-likeness (QED) is 0.0533. The molecule has 1 fully saturated rings. The fourth-order valence-electron chi connectivity index (χ4n) is 6.29. The number of aromatic nitrogens is 1. The van der Waals surface area contributed by atoms with Gasteiger partial charge in [0.25, 0.3) is 0 Å². The Balaban J connectivity index is 1.18. The van der Waals surface area contributed by atoms with Gasteiger partial charge in [0.15, 0.2) is 6.29 Å². The van der Waals surface area contributed by atoms with E-state index in [2.05, 4.69) is 64.7 Å². The zero-order chi connectivity index (χ0) is 35.8. The number of pyridine rings is 1. The summed E-state index contributed by atoms with van der Waals surface area (Å²) in [5.41, 5.74) is 8.71. The number of carbonyl (C=O) groups excluding carboxylic acids is 2. The first-order valence-corrected chi connectivity index (χ1v) is 17.9. The van der Waals surface area contributed by atoms with Crippen LogP contribution in [0.15, 0.2) is 97.2 Å². The molecule has 3 aromatic carbocycles. The summed E-state index contributed by atoms with van der Waals surface area (Å²) in [6, 6.07) is 30.4. The van der Waals surface area contributed by atoms with Gasteiger partial charge in [-0.05, 0) is 65.9 Å². The van der Waals surface area contributed by atoms with Crippen LogP contribution in [-0.2, 0) is 38.6 Å². The Bertz CT molecular complexity index is 1650. The van der Waals surface area contributed by atoms with Gasteiger partial charge in [-0.15, -0.1) is 0 Å². The molecule has 1 aliphatic heterocycles. The van der Waals surface area contributed by atoms with Crippen molar-refractivity contribution in [1.82, 2.24) is 20.7 Å². The van der Waals surface area contributed by atoms with Gasteiger partial charge in [0, 0.05) is 62.8 Å². The standard InChI is InChI=1S/C41H50N4O6/c1-45(24-22-36-11-6-7-23-42-36)28-37-26-38(33-16-14-30(29-46)15-17-33)51-41(50-37)34-20-18-32(19-21-34)35-10-8-9-31(25-35)27-43-39(47)12-4-2-3-5-13-40(48)44-49/h6-11,14-21,23,25,37-38,41,46,49H,2-5,12-13,22,24,26-29H2,1H3,(H,43,47)(H,44,48). The van der Waals surface area contributed by atoms with E-state index in [1.807, 2.05) is 54.7 Å². The number of aliphatic hydroxyl groups is 1. The third-order valence-electron chi connectivity index (χ3n) is 9.22. The molecule has 2 amide bonds. The third kappa shape index (κ3) is 12.1. The van der Waals surface area contributed by atoms with E-state index < -0.39 is 6.29 Å². The summed E-state index contributed by atoms with van der Waals surface area (Å²) in [6.07, 6.45) is 6.54. The van der Waals surface area contributed by atoms with E-state index >= 15 is 0 Å². The molecule has 0 radical (unpaired) electrons. The number of hydrogen-bond donors (Lipinski definition) is 4. The number of unbranched alkanes of at least 4 members (excludes halogenated alkanes) is 3.